The van der Waals surface area contributed by atoms with Crippen molar-refractivity contribution in [2.24, 2.45) is 10.2 Å². The van der Waals surface area contributed by atoms with Crippen LogP contribution in [0.4, 0.5) is 5.69 Å². The molecule has 1 unspecified atom stereocenters. The highest BCUT2D eigenvalue weighted by Crippen LogP contribution is 2.47. The Bertz CT molecular complexity index is 795. The van der Waals surface area contributed by atoms with E-state index in [0.29, 0.717) is 0 Å². The molecule has 0 aliphatic carbocycles. The Kier molecular flexibility index (Phi) is 2.36. The lowest BCUT2D eigenvalue weighted by atomic mass is 9.91. The molecule has 2 aliphatic heterocycles. The summed E-state index contributed by atoms with van der Waals surface area (Å²) in [5.74, 6) is -0.0571. The minimum Gasteiger partial charge on any atom is -0.312 e. The molecule has 0 saturated heterocycles. The number of benzene rings is 2. The standard InChI is InChI=1S/C17H13N3O/c1-20-15-10-6-5-9-13(15)17(16(20)21)11-14(18-19-17)12-7-3-2-4-8-12/h2-11H,1H3. The van der Waals surface area contributed by atoms with Gasteiger partial charge in [-0.3, -0.25) is 4.79 Å². The predicted octanol–water partition coefficient (Wildman–Crippen LogP) is 3.37. The molecule has 0 N–H and O–H groups in total. The monoisotopic (exact) mass is 275 g/mol. The van der Waals surface area contributed by atoms with Crippen LogP contribution in [0.2, 0.25) is 0 Å². The van der Waals surface area contributed by atoms with Crippen molar-refractivity contribution in [1.82, 2.24) is 0 Å². The summed E-state index contributed by atoms with van der Waals surface area (Å²) < 4.78 is 0. The molecule has 0 fully saturated rings. The molecule has 0 aromatic heterocycles. The van der Waals surface area contributed by atoms with Crippen LogP contribution in [0.15, 0.2) is 70.9 Å². The Hall–Kier alpha value is -2.75. The first kappa shape index (κ1) is 12.0. The number of azo groups is 1. The van der Waals surface area contributed by atoms with Gasteiger partial charge in [0.2, 0.25) is 5.54 Å². The number of para-hydroxylation sites is 1. The number of carbonyl (C=O) groups excluding carboxylic acids is 1. The maximum atomic E-state index is 12.7. The van der Waals surface area contributed by atoms with Crippen LogP contribution in [0.3, 0.4) is 0 Å². The molecule has 0 bridgehead atoms. The van der Waals surface area contributed by atoms with Crippen LogP contribution < -0.4 is 4.90 Å². The van der Waals surface area contributed by atoms with E-state index < -0.39 is 5.54 Å². The number of amides is 1. The van der Waals surface area contributed by atoms with Crippen LogP contribution in [0, 0.1) is 0 Å². The molecule has 2 aliphatic rings. The van der Waals surface area contributed by atoms with Crippen molar-refractivity contribution in [2.45, 2.75) is 5.54 Å². The van der Waals surface area contributed by atoms with Gasteiger partial charge < -0.3 is 4.90 Å². The Labute approximate surface area is 122 Å². The summed E-state index contributed by atoms with van der Waals surface area (Å²) in [4.78, 5) is 14.3. The molecule has 4 heteroatoms. The largest absolute Gasteiger partial charge is 0.312 e. The minimum atomic E-state index is -0.990. The molecule has 1 atom stereocenters. The number of carbonyl (C=O) groups is 1. The molecule has 1 amide bonds. The third-order valence-corrected chi connectivity index (χ3v) is 4.04. The molecule has 2 aromatic carbocycles. The predicted molar refractivity (Wildman–Crippen MR) is 80.8 cm³/mol. The van der Waals surface area contributed by atoms with Gasteiger partial charge in [-0.1, -0.05) is 48.5 Å². The van der Waals surface area contributed by atoms with Gasteiger partial charge in [-0.15, -0.1) is 0 Å². The summed E-state index contributed by atoms with van der Waals surface area (Å²) in [7, 11) is 1.78. The van der Waals surface area contributed by atoms with Crippen molar-refractivity contribution in [3.63, 3.8) is 0 Å². The lowest BCUT2D eigenvalue weighted by Crippen LogP contribution is -2.34. The van der Waals surface area contributed by atoms with E-state index in [1.54, 1.807) is 11.9 Å². The zero-order valence-corrected chi connectivity index (χ0v) is 11.5. The van der Waals surface area contributed by atoms with Gasteiger partial charge in [-0.2, -0.15) is 10.2 Å². The highest BCUT2D eigenvalue weighted by molar-refractivity contribution is 6.10. The molecule has 0 radical (unpaired) electrons. The zero-order chi connectivity index (χ0) is 14.4. The summed E-state index contributed by atoms with van der Waals surface area (Å²) in [6.45, 7) is 0. The van der Waals surface area contributed by atoms with E-state index in [2.05, 4.69) is 10.2 Å². The highest BCUT2D eigenvalue weighted by atomic mass is 16.2. The number of fused-ring (bicyclic) bond motifs is 2. The average molecular weight is 275 g/mol. The molecular weight excluding hydrogens is 262 g/mol. The van der Waals surface area contributed by atoms with Crippen molar-refractivity contribution in [2.75, 3.05) is 11.9 Å². The summed E-state index contributed by atoms with van der Waals surface area (Å²) in [6, 6.07) is 17.5. The SMILES string of the molecule is CN1C(=O)C2(C=C(c3ccccc3)N=N2)c2ccccc21. The quantitative estimate of drug-likeness (QED) is 0.787. The van der Waals surface area contributed by atoms with Crippen molar-refractivity contribution in [3.05, 3.63) is 71.8 Å². The molecule has 2 heterocycles. The Balaban J connectivity index is 1.89. The van der Waals surface area contributed by atoms with Crippen LogP contribution in [0.5, 0.6) is 0 Å². The zero-order valence-electron chi connectivity index (χ0n) is 11.5. The number of anilines is 1. The lowest BCUT2D eigenvalue weighted by molar-refractivity contribution is -0.121. The van der Waals surface area contributed by atoms with Gasteiger partial charge in [-0.25, -0.2) is 0 Å². The first-order chi connectivity index (χ1) is 10.2. The van der Waals surface area contributed by atoms with Crippen molar-refractivity contribution in [1.29, 1.82) is 0 Å². The van der Waals surface area contributed by atoms with Crippen molar-refractivity contribution >= 4 is 17.3 Å². The van der Waals surface area contributed by atoms with Crippen LogP contribution in [0.1, 0.15) is 11.1 Å². The van der Waals surface area contributed by atoms with Gasteiger partial charge in [0.25, 0.3) is 5.91 Å². The van der Waals surface area contributed by atoms with Crippen LogP contribution >= 0.6 is 0 Å². The minimum absolute atomic E-state index is 0.0571. The van der Waals surface area contributed by atoms with Gasteiger partial charge in [0.05, 0.1) is 5.70 Å². The fourth-order valence-electron chi connectivity index (χ4n) is 2.94. The van der Waals surface area contributed by atoms with Crippen molar-refractivity contribution < 1.29 is 4.79 Å². The van der Waals surface area contributed by atoms with Gasteiger partial charge in [-0.05, 0) is 12.1 Å². The molecule has 21 heavy (non-hydrogen) atoms. The summed E-state index contributed by atoms with van der Waals surface area (Å²) >= 11 is 0. The van der Waals surface area contributed by atoms with Gasteiger partial charge in [0, 0.05) is 23.9 Å². The maximum Gasteiger partial charge on any atom is 0.265 e. The fourth-order valence-corrected chi connectivity index (χ4v) is 2.94. The second-order valence-corrected chi connectivity index (χ2v) is 5.24. The van der Waals surface area contributed by atoms with E-state index >= 15 is 0 Å². The highest BCUT2D eigenvalue weighted by Gasteiger charge is 2.51. The average Bonchev–Trinajstić information content (AvgIpc) is 3.08. The Morgan fingerprint density at radius 2 is 1.71 bits per heavy atom. The smallest absolute Gasteiger partial charge is 0.265 e. The third kappa shape index (κ3) is 1.53. The summed E-state index contributed by atoms with van der Waals surface area (Å²) in [5.41, 5.74) is 2.52. The molecule has 2 aromatic rings. The Morgan fingerprint density at radius 3 is 2.52 bits per heavy atom. The second-order valence-electron chi connectivity index (χ2n) is 5.24. The third-order valence-electron chi connectivity index (χ3n) is 4.04. The van der Waals surface area contributed by atoms with Gasteiger partial charge >= 0.3 is 0 Å². The maximum absolute atomic E-state index is 12.7. The van der Waals surface area contributed by atoms with E-state index in [1.165, 1.54) is 0 Å². The van der Waals surface area contributed by atoms with Gasteiger partial charge in [0.1, 0.15) is 0 Å². The van der Waals surface area contributed by atoms with E-state index in [1.807, 2.05) is 60.7 Å². The molecular formula is C17H13N3O. The number of hydrogen-bond donors (Lipinski definition) is 0. The Morgan fingerprint density at radius 1 is 1.00 bits per heavy atom. The summed E-state index contributed by atoms with van der Waals surface area (Å²) in [5, 5.41) is 8.60. The first-order valence-electron chi connectivity index (χ1n) is 6.81. The fraction of sp³-hybridized carbons (Fsp3) is 0.118. The number of rotatable bonds is 1. The van der Waals surface area contributed by atoms with Crippen LogP contribution in [0.25, 0.3) is 5.70 Å². The van der Waals surface area contributed by atoms with Crippen molar-refractivity contribution in [3.8, 4) is 0 Å². The number of hydrogen-bond acceptors (Lipinski definition) is 3. The lowest BCUT2D eigenvalue weighted by Gasteiger charge is -2.14. The van der Waals surface area contributed by atoms with E-state index in [-0.39, 0.29) is 5.91 Å². The second kappa shape index (κ2) is 4.12. The molecule has 4 rings (SSSR count). The molecule has 1 spiro atoms. The number of nitrogens with zero attached hydrogens (tertiary/aromatic N) is 3. The molecule has 0 saturated carbocycles. The van der Waals surface area contributed by atoms with Crippen LogP contribution in [-0.2, 0) is 10.3 Å². The van der Waals surface area contributed by atoms with Crippen LogP contribution in [-0.4, -0.2) is 13.0 Å². The van der Waals surface area contributed by atoms with E-state index in [0.717, 1.165) is 22.5 Å². The normalized spacial score (nSPS) is 22.8. The first-order valence-corrected chi connectivity index (χ1v) is 6.81. The molecule has 102 valence electrons. The molecule has 4 nitrogen and oxygen atoms in total. The van der Waals surface area contributed by atoms with Gasteiger partial charge in [0.15, 0.2) is 0 Å². The van der Waals surface area contributed by atoms with E-state index in [9.17, 15) is 4.79 Å². The van der Waals surface area contributed by atoms with E-state index in [4.69, 9.17) is 0 Å². The summed E-state index contributed by atoms with van der Waals surface area (Å²) in [6.07, 6.45) is 1.87. The topological polar surface area (TPSA) is 45.0 Å². The number of likely N-dealkylation sites (N-methyl/N-ethyl adjacent to an activating group) is 1.